The zero-order valence-electron chi connectivity index (χ0n) is 17.7. The van der Waals surface area contributed by atoms with E-state index < -0.39 is 6.10 Å². The van der Waals surface area contributed by atoms with Gasteiger partial charge in [-0.1, -0.05) is 13.8 Å². The zero-order valence-corrected chi connectivity index (χ0v) is 20.0. The molecule has 28 heavy (non-hydrogen) atoms. The average molecular weight is 509 g/mol. The lowest BCUT2D eigenvalue weighted by Gasteiger charge is -2.16. The Kier molecular flexibility index (Phi) is 14.9. The Balaban J connectivity index is 0.00000729. The number of halogens is 1. The van der Waals surface area contributed by atoms with Crippen molar-refractivity contribution < 1.29 is 19.3 Å². The van der Waals surface area contributed by atoms with Crippen molar-refractivity contribution >= 4 is 29.9 Å². The number of ether oxygens (including phenoxy) is 3. The SMILES string of the molecule is CCNC(=NCC(O)c1cc(OC)ccc1OC)NCCCOCC(C)C.I. The molecule has 0 spiro atoms. The predicted molar refractivity (Wildman–Crippen MR) is 124 cm³/mol. The molecule has 0 amide bonds. The van der Waals surface area contributed by atoms with Crippen LogP contribution in [0.25, 0.3) is 0 Å². The van der Waals surface area contributed by atoms with E-state index in [-0.39, 0.29) is 30.5 Å². The fourth-order valence-electron chi connectivity index (χ4n) is 2.42. The molecule has 0 fully saturated rings. The molecule has 162 valence electrons. The van der Waals surface area contributed by atoms with Crippen molar-refractivity contribution in [2.45, 2.75) is 33.3 Å². The lowest BCUT2D eigenvalue weighted by Crippen LogP contribution is -2.38. The average Bonchev–Trinajstić information content (AvgIpc) is 2.67. The number of aliphatic hydroxyl groups excluding tert-OH is 1. The maximum atomic E-state index is 10.5. The van der Waals surface area contributed by atoms with Gasteiger partial charge in [0.25, 0.3) is 0 Å². The maximum Gasteiger partial charge on any atom is 0.191 e. The van der Waals surface area contributed by atoms with Crippen molar-refractivity contribution in [3.8, 4) is 11.5 Å². The monoisotopic (exact) mass is 509 g/mol. The van der Waals surface area contributed by atoms with Crippen LogP contribution in [-0.4, -0.2) is 58.1 Å². The van der Waals surface area contributed by atoms with E-state index in [0.29, 0.717) is 35.5 Å². The quantitative estimate of drug-likeness (QED) is 0.174. The van der Waals surface area contributed by atoms with Crippen molar-refractivity contribution in [2.24, 2.45) is 10.9 Å². The number of methoxy groups -OCH3 is 2. The number of nitrogens with zero attached hydrogens (tertiary/aromatic N) is 1. The predicted octanol–water partition coefficient (Wildman–Crippen LogP) is 2.97. The second-order valence-electron chi connectivity index (χ2n) is 6.59. The van der Waals surface area contributed by atoms with Crippen molar-refractivity contribution in [3.05, 3.63) is 23.8 Å². The third-order valence-electron chi connectivity index (χ3n) is 3.77. The van der Waals surface area contributed by atoms with Crippen LogP contribution < -0.4 is 20.1 Å². The number of aliphatic imine (C=N–C) groups is 1. The van der Waals surface area contributed by atoms with Gasteiger partial charge in [0.2, 0.25) is 0 Å². The Labute approximate surface area is 186 Å². The van der Waals surface area contributed by atoms with E-state index >= 15 is 0 Å². The van der Waals surface area contributed by atoms with Crippen molar-refractivity contribution in [3.63, 3.8) is 0 Å². The molecule has 0 aromatic heterocycles. The Morgan fingerprint density at radius 3 is 2.54 bits per heavy atom. The van der Waals surface area contributed by atoms with Crippen LogP contribution in [0.3, 0.4) is 0 Å². The van der Waals surface area contributed by atoms with Gasteiger partial charge in [0, 0.05) is 31.9 Å². The highest BCUT2D eigenvalue weighted by atomic mass is 127. The second kappa shape index (κ2) is 15.6. The minimum atomic E-state index is -0.792. The van der Waals surface area contributed by atoms with E-state index in [1.807, 2.05) is 6.92 Å². The largest absolute Gasteiger partial charge is 0.497 e. The van der Waals surface area contributed by atoms with Gasteiger partial charge in [0.15, 0.2) is 5.96 Å². The summed E-state index contributed by atoms with van der Waals surface area (Å²) in [4.78, 5) is 4.47. The summed E-state index contributed by atoms with van der Waals surface area (Å²) < 4.78 is 16.1. The number of hydrogen-bond acceptors (Lipinski definition) is 5. The molecule has 0 bridgehead atoms. The summed E-state index contributed by atoms with van der Waals surface area (Å²) in [5.74, 6) is 2.49. The molecule has 0 aliphatic heterocycles. The van der Waals surface area contributed by atoms with E-state index in [9.17, 15) is 5.11 Å². The number of guanidine groups is 1. The molecular formula is C20H36IN3O4. The Morgan fingerprint density at radius 1 is 1.18 bits per heavy atom. The molecule has 0 aliphatic carbocycles. The van der Waals surface area contributed by atoms with Crippen LogP contribution in [0.15, 0.2) is 23.2 Å². The standard InChI is InChI=1S/C20H35N3O4.HI/c1-6-21-20(22-10-7-11-27-14-15(2)3)23-13-18(24)17-12-16(25-4)8-9-19(17)26-5;/h8-9,12,15,18,24H,6-7,10-11,13-14H2,1-5H3,(H2,21,22,23);1H. The molecule has 0 saturated carbocycles. The summed E-state index contributed by atoms with van der Waals surface area (Å²) >= 11 is 0. The minimum Gasteiger partial charge on any atom is -0.497 e. The molecular weight excluding hydrogens is 473 g/mol. The van der Waals surface area contributed by atoms with Gasteiger partial charge >= 0.3 is 0 Å². The van der Waals surface area contributed by atoms with Gasteiger partial charge in [-0.25, -0.2) is 0 Å². The van der Waals surface area contributed by atoms with E-state index in [1.54, 1.807) is 32.4 Å². The van der Waals surface area contributed by atoms with Crippen molar-refractivity contribution in [1.29, 1.82) is 0 Å². The van der Waals surface area contributed by atoms with Gasteiger partial charge in [-0.05, 0) is 37.5 Å². The summed E-state index contributed by atoms with van der Waals surface area (Å²) in [7, 11) is 3.17. The molecule has 0 radical (unpaired) electrons. The van der Waals surface area contributed by atoms with Gasteiger partial charge in [0.05, 0.1) is 20.8 Å². The molecule has 1 aromatic rings. The van der Waals surface area contributed by atoms with Crippen LogP contribution >= 0.6 is 24.0 Å². The van der Waals surface area contributed by atoms with Gasteiger partial charge in [-0.2, -0.15) is 0 Å². The summed E-state index contributed by atoms with van der Waals surface area (Å²) in [5.41, 5.74) is 0.651. The van der Waals surface area contributed by atoms with E-state index in [2.05, 4.69) is 29.5 Å². The van der Waals surface area contributed by atoms with Gasteiger partial charge in [-0.15, -0.1) is 24.0 Å². The van der Waals surface area contributed by atoms with Crippen LogP contribution in [0.1, 0.15) is 38.9 Å². The number of benzene rings is 1. The highest BCUT2D eigenvalue weighted by Crippen LogP contribution is 2.29. The normalized spacial score (nSPS) is 12.3. The number of rotatable bonds is 12. The van der Waals surface area contributed by atoms with E-state index in [1.165, 1.54) is 0 Å². The summed E-state index contributed by atoms with van der Waals surface area (Å²) in [5, 5.41) is 17.0. The molecule has 7 nitrogen and oxygen atoms in total. The van der Waals surface area contributed by atoms with E-state index in [0.717, 1.165) is 26.1 Å². The molecule has 0 saturated heterocycles. The van der Waals surface area contributed by atoms with Crippen LogP contribution in [0.2, 0.25) is 0 Å². The molecule has 1 atom stereocenters. The molecule has 3 N–H and O–H groups in total. The van der Waals surface area contributed by atoms with Crippen molar-refractivity contribution in [1.82, 2.24) is 10.6 Å². The van der Waals surface area contributed by atoms with Gasteiger partial charge < -0.3 is 30.0 Å². The Morgan fingerprint density at radius 2 is 1.93 bits per heavy atom. The van der Waals surface area contributed by atoms with E-state index in [4.69, 9.17) is 14.2 Å². The fourth-order valence-corrected chi connectivity index (χ4v) is 2.42. The first kappa shape index (κ1) is 26.7. The minimum absolute atomic E-state index is 0. The first-order chi connectivity index (χ1) is 13.0. The maximum absolute atomic E-state index is 10.5. The molecule has 1 aromatic carbocycles. The second-order valence-corrected chi connectivity index (χ2v) is 6.59. The Hall–Kier alpha value is -1.26. The zero-order chi connectivity index (χ0) is 20.1. The lowest BCUT2D eigenvalue weighted by molar-refractivity contribution is 0.108. The first-order valence-corrected chi connectivity index (χ1v) is 9.51. The lowest BCUT2D eigenvalue weighted by atomic mass is 10.1. The van der Waals surface area contributed by atoms with Crippen LogP contribution in [-0.2, 0) is 4.74 Å². The molecule has 8 heteroatoms. The van der Waals surface area contributed by atoms with Crippen LogP contribution in [0, 0.1) is 5.92 Å². The molecule has 0 aliphatic rings. The smallest absolute Gasteiger partial charge is 0.191 e. The van der Waals surface area contributed by atoms with Crippen LogP contribution in [0.4, 0.5) is 0 Å². The number of aliphatic hydroxyl groups is 1. The summed E-state index contributed by atoms with van der Waals surface area (Å²) in [6, 6.07) is 5.35. The third-order valence-corrected chi connectivity index (χ3v) is 3.77. The molecule has 1 unspecified atom stereocenters. The topological polar surface area (TPSA) is 84.3 Å². The summed E-state index contributed by atoms with van der Waals surface area (Å²) in [6.45, 7) is 9.48. The third kappa shape index (κ3) is 10.3. The molecule has 1 rings (SSSR count). The van der Waals surface area contributed by atoms with Gasteiger partial charge in [0.1, 0.15) is 17.6 Å². The first-order valence-electron chi connectivity index (χ1n) is 9.51. The fraction of sp³-hybridized carbons (Fsp3) is 0.650. The highest BCUT2D eigenvalue weighted by Gasteiger charge is 2.14. The van der Waals surface area contributed by atoms with Gasteiger partial charge in [-0.3, -0.25) is 4.99 Å². The molecule has 0 heterocycles. The number of hydrogen-bond donors (Lipinski definition) is 3. The Bertz CT molecular complexity index is 570. The van der Waals surface area contributed by atoms with Crippen LogP contribution in [0.5, 0.6) is 11.5 Å². The number of nitrogens with one attached hydrogen (secondary N) is 2. The highest BCUT2D eigenvalue weighted by molar-refractivity contribution is 14.0. The summed E-state index contributed by atoms with van der Waals surface area (Å²) in [6.07, 6.45) is 0.100. The van der Waals surface area contributed by atoms with Crippen molar-refractivity contribution in [2.75, 3.05) is 47.1 Å².